The zero-order valence-electron chi connectivity index (χ0n) is 17.7. The fourth-order valence-electron chi connectivity index (χ4n) is 3.71. The maximum absolute atomic E-state index is 14.1. The molecule has 1 aromatic heterocycles. The van der Waals surface area contributed by atoms with Gasteiger partial charge in [-0.15, -0.1) is 0 Å². The molecule has 31 heavy (non-hydrogen) atoms. The van der Waals surface area contributed by atoms with E-state index in [1.807, 2.05) is 13.8 Å². The van der Waals surface area contributed by atoms with Crippen molar-refractivity contribution in [2.24, 2.45) is 5.92 Å². The number of halogens is 2. The summed E-state index contributed by atoms with van der Waals surface area (Å²) in [5, 5.41) is 3.03. The quantitative estimate of drug-likeness (QED) is 0.686. The number of rotatable bonds is 6. The molecule has 1 N–H and O–H groups in total. The molecule has 0 radical (unpaired) electrons. The van der Waals surface area contributed by atoms with Crippen LogP contribution in [0.15, 0.2) is 43.0 Å². The molecule has 1 fully saturated rings. The summed E-state index contributed by atoms with van der Waals surface area (Å²) in [6.45, 7) is 6.45. The number of aromatic nitrogens is 2. The van der Waals surface area contributed by atoms with Gasteiger partial charge >= 0.3 is 0 Å². The third-order valence-corrected chi connectivity index (χ3v) is 5.86. The molecule has 0 spiro atoms. The van der Waals surface area contributed by atoms with E-state index in [1.54, 1.807) is 31.2 Å². The molecule has 2 amide bonds. The van der Waals surface area contributed by atoms with E-state index in [0.717, 1.165) is 10.5 Å². The minimum atomic E-state index is -2.33. The Balaban J connectivity index is 2.11. The average molecular weight is 449 g/mol. The van der Waals surface area contributed by atoms with Crippen LogP contribution in [0, 0.1) is 12.8 Å². The van der Waals surface area contributed by atoms with Crippen LogP contribution in [0.2, 0.25) is 0 Å². The Morgan fingerprint density at radius 2 is 1.94 bits per heavy atom. The van der Waals surface area contributed by atoms with Gasteiger partial charge in [-0.05, 0) is 38.3 Å². The van der Waals surface area contributed by atoms with Gasteiger partial charge in [0.05, 0.1) is 6.61 Å². The smallest absolute Gasteiger partial charge is 0.278 e. The highest BCUT2D eigenvalue weighted by molar-refractivity contribution is 6.32. The van der Waals surface area contributed by atoms with Crippen LogP contribution in [0.1, 0.15) is 31.4 Å². The molecule has 9 heteroatoms. The van der Waals surface area contributed by atoms with Crippen molar-refractivity contribution in [2.75, 3.05) is 18.1 Å². The Morgan fingerprint density at radius 1 is 1.29 bits per heavy atom. The normalized spacial score (nSPS) is 21.6. The van der Waals surface area contributed by atoms with E-state index in [1.165, 1.54) is 18.7 Å². The Kier molecular flexibility index (Phi) is 7.23. The first-order chi connectivity index (χ1) is 14.7. The van der Waals surface area contributed by atoms with Crippen molar-refractivity contribution >= 4 is 29.1 Å². The van der Waals surface area contributed by atoms with E-state index >= 15 is 0 Å². The number of anilines is 1. The van der Waals surface area contributed by atoms with Gasteiger partial charge in [-0.1, -0.05) is 36.2 Å². The lowest BCUT2D eigenvalue weighted by Gasteiger charge is -2.42. The SMILES string of the molecule is Cc1ccc(N(C(=O)[C@H](F)Cl)[C@](C)(C(=O)N[C@H]2CCOC[C@@H]2C)c2cncnc2)cc1. The fourth-order valence-corrected chi connectivity index (χ4v) is 3.81. The highest BCUT2D eigenvalue weighted by Gasteiger charge is 2.48. The van der Waals surface area contributed by atoms with Crippen LogP contribution in [0.25, 0.3) is 0 Å². The number of nitrogens with zero attached hydrogens (tertiary/aromatic N) is 3. The molecule has 2 aromatic rings. The van der Waals surface area contributed by atoms with Crippen LogP contribution >= 0.6 is 11.6 Å². The molecular formula is C22H26ClFN4O3. The molecule has 2 heterocycles. The van der Waals surface area contributed by atoms with Crippen LogP contribution < -0.4 is 10.2 Å². The monoisotopic (exact) mass is 448 g/mol. The summed E-state index contributed by atoms with van der Waals surface area (Å²) in [6.07, 6.45) is 4.83. The number of nitrogens with one attached hydrogen (secondary N) is 1. The molecule has 166 valence electrons. The van der Waals surface area contributed by atoms with Crippen LogP contribution in [-0.4, -0.2) is 46.7 Å². The number of ether oxygens (including phenoxy) is 1. The van der Waals surface area contributed by atoms with Gasteiger partial charge in [-0.2, -0.15) is 0 Å². The lowest BCUT2D eigenvalue weighted by atomic mass is 9.88. The summed E-state index contributed by atoms with van der Waals surface area (Å²) in [7, 11) is 0. The van der Waals surface area contributed by atoms with E-state index in [0.29, 0.717) is 30.9 Å². The van der Waals surface area contributed by atoms with Crippen LogP contribution in [0.5, 0.6) is 0 Å². The minimum Gasteiger partial charge on any atom is -0.381 e. The van der Waals surface area contributed by atoms with Crippen molar-refractivity contribution in [3.05, 3.63) is 54.1 Å². The van der Waals surface area contributed by atoms with Gasteiger partial charge in [0.1, 0.15) is 6.33 Å². The summed E-state index contributed by atoms with van der Waals surface area (Å²) in [6, 6.07) is 6.70. The third kappa shape index (κ3) is 4.85. The van der Waals surface area contributed by atoms with Gasteiger partial charge in [0, 0.05) is 36.3 Å². The second kappa shape index (κ2) is 9.70. The number of alkyl halides is 2. The van der Waals surface area contributed by atoms with E-state index in [2.05, 4.69) is 15.3 Å². The second-order valence-electron chi connectivity index (χ2n) is 7.93. The highest BCUT2D eigenvalue weighted by Crippen LogP contribution is 2.35. The van der Waals surface area contributed by atoms with Crippen LogP contribution in [0.4, 0.5) is 10.1 Å². The molecule has 7 nitrogen and oxygen atoms in total. The summed E-state index contributed by atoms with van der Waals surface area (Å²) in [4.78, 5) is 35.8. The van der Waals surface area contributed by atoms with Crippen molar-refractivity contribution < 1.29 is 18.7 Å². The lowest BCUT2D eigenvalue weighted by molar-refractivity contribution is -0.132. The Labute approximate surface area is 186 Å². The molecule has 1 saturated heterocycles. The number of hydrogen-bond donors (Lipinski definition) is 1. The first-order valence-corrected chi connectivity index (χ1v) is 10.5. The van der Waals surface area contributed by atoms with Gasteiger partial charge in [0.2, 0.25) is 0 Å². The molecule has 4 atom stereocenters. The molecule has 0 bridgehead atoms. The number of amides is 2. The number of carbonyl (C=O) groups is 2. The van der Waals surface area contributed by atoms with E-state index in [9.17, 15) is 14.0 Å². The second-order valence-corrected chi connectivity index (χ2v) is 8.31. The first-order valence-electron chi connectivity index (χ1n) is 10.1. The summed E-state index contributed by atoms with van der Waals surface area (Å²) in [5.41, 5.74) is -2.37. The van der Waals surface area contributed by atoms with Crippen molar-refractivity contribution in [3.63, 3.8) is 0 Å². The predicted molar refractivity (Wildman–Crippen MR) is 115 cm³/mol. The molecular weight excluding hydrogens is 423 g/mol. The van der Waals surface area contributed by atoms with Gasteiger partial charge in [0.15, 0.2) is 5.54 Å². The molecule has 3 rings (SSSR count). The molecule has 0 unspecified atom stereocenters. The topological polar surface area (TPSA) is 84.4 Å². The van der Waals surface area contributed by atoms with Gasteiger partial charge in [-0.25, -0.2) is 14.4 Å². The van der Waals surface area contributed by atoms with Crippen molar-refractivity contribution in [1.82, 2.24) is 15.3 Å². The molecule has 1 aromatic carbocycles. The van der Waals surface area contributed by atoms with Gasteiger partial charge in [0.25, 0.3) is 17.4 Å². The molecule has 0 saturated carbocycles. The molecule has 0 aliphatic carbocycles. The Bertz CT molecular complexity index is 913. The maximum Gasteiger partial charge on any atom is 0.278 e. The molecule has 1 aliphatic heterocycles. The van der Waals surface area contributed by atoms with Gasteiger partial charge < -0.3 is 10.1 Å². The zero-order chi connectivity index (χ0) is 22.6. The van der Waals surface area contributed by atoms with E-state index in [4.69, 9.17) is 16.3 Å². The van der Waals surface area contributed by atoms with Crippen molar-refractivity contribution in [1.29, 1.82) is 0 Å². The number of benzene rings is 1. The third-order valence-electron chi connectivity index (χ3n) is 5.67. The van der Waals surface area contributed by atoms with Crippen molar-refractivity contribution in [2.45, 2.75) is 44.4 Å². The van der Waals surface area contributed by atoms with Gasteiger partial charge in [-0.3, -0.25) is 14.5 Å². The number of hydrogen-bond acceptors (Lipinski definition) is 5. The number of aryl methyl sites for hydroxylation is 1. The van der Waals surface area contributed by atoms with Crippen LogP contribution in [-0.2, 0) is 19.9 Å². The largest absolute Gasteiger partial charge is 0.381 e. The van der Waals surface area contributed by atoms with E-state index in [-0.39, 0.29) is 12.0 Å². The lowest BCUT2D eigenvalue weighted by Crippen LogP contribution is -2.61. The Hall–Kier alpha value is -2.58. The first kappa shape index (κ1) is 23.1. The predicted octanol–water partition coefficient (Wildman–Crippen LogP) is 3.11. The number of carbonyl (C=O) groups excluding carboxylic acids is 2. The standard InChI is InChI=1S/C22H26ClFN4O3/c1-14-4-6-17(7-5-14)28(20(29)19(23)24)22(3,16-10-25-13-26-11-16)21(30)27-18-8-9-31-12-15(18)2/h4-7,10-11,13,15,18-19H,8-9,12H2,1-3H3,(H,27,30)/t15-,18-,19-,22-/m0/s1. The summed E-state index contributed by atoms with van der Waals surface area (Å²) in [5.74, 6) is -1.45. The maximum atomic E-state index is 14.1. The molecule has 1 aliphatic rings. The highest BCUT2D eigenvalue weighted by atomic mass is 35.5. The minimum absolute atomic E-state index is 0.0828. The Morgan fingerprint density at radius 3 is 2.52 bits per heavy atom. The summed E-state index contributed by atoms with van der Waals surface area (Å²) >= 11 is 5.58. The average Bonchev–Trinajstić information content (AvgIpc) is 2.77. The zero-order valence-corrected chi connectivity index (χ0v) is 18.5. The summed E-state index contributed by atoms with van der Waals surface area (Å²) < 4.78 is 19.6. The van der Waals surface area contributed by atoms with Crippen LogP contribution in [0.3, 0.4) is 0 Å². The fraction of sp³-hybridized carbons (Fsp3) is 0.455. The van der Waals surface area contributed by atoms with E-state index < -0.39 is 23.0 Å². The van der Waals surface area contributed by atoms with Crippen molar-refractivity contribution in [3.8, 4) is 0 Å².